The Balaban J connectivity index is 0.000000152. The van der Waals surface area contributed by atoms with E-state index in [1.54, 1.807) is 48.5 Å². The van der Waals surface area contributed by atoms with Crippen molar-refractivity contribution >= 4 is 28.9 Å². The van der Waals surface area contributed by atoms with Crippen LogP contribution in [-0.4, -0.2) is 61.9 Å². The molecule has 1 saturated carbocycles. The standard InChI is InChI=1S/C24H22N6O.C21H21N5O/c1-15-10-25-8-7-21(15)29-13-20(28-14-29)17-5-6-19-22(9-17)30(23(31)24(19,3)4)18-11-26-16(2)27-12-18;1-13-22-9-16(10-23-13)25-11-18(24-12-25)14-4-7-17-19(8-14)26(15-5-6-15)20(27)21(17,2)3/h5-14H,1-4H3;4,7-12,15H,5-6H2,1-3H3. The second-order valence-corrected chi connectivity index (χ2v) is 16.2. The van der Waals surface area contributed by atoms with Gasteiger partial charge in [-0.1, -0.05) is 24.3 Å². The van der Waals surface area contributed by atoms with Gasteiger partial charge in [-0.3, -0.25) is 19.5 Å². The number of benzene rings is 2. The molecule has 0 saturated heterocycles. The van der Waals surface area contributed by atoms with Crippen molar-refractivity contribution < 1.29 is 9.59 Å². The number of nitrogens with zero attached hydrogens (tertiary/aromatic N) is 11. The Kier molecular flexibility index (Phi) is 8.64. The third kappa shape index (κ3) is 6.23. The molecule has 2 amide bonds. The highest BCUT2D eigenvalue weighted by Crippen LogP contribution is 2.48. The van der Waals surface area contributed by atoms with Crippen LogP contribution in [0.1, 0.15) is 68.9 Å². The van der Waals surface area contributed by atoms with E-state index >= 15 is 0 Å². The molecule has 2 aliphatic heterocycles. The van der Waals surface area contributed by atoms with Crippen LogP contribution in [0.3, 0.4) is 0 Å². The fourth-order valence-electron chi connectivity index (χ4n) is 7.80. The number of fused-ring (bicyclic) bond motifs is 2. The molecule has 5 aromatic heterocycles. The number of amides is 2. The predicted octanol–water partition coefficient (Wildman–Crippen LogP) is 7.72. The summed E-state index contributed by atoms with van der Waals surface area (Å²) in [5.74, 6) is 1.62. The first-order valence-corrected chi connectivity index (χ1v) is 19.4. The minimum Gasteiger partial charge on any atom is -0.308 e. The molecule has 0 atom stereocenters. The van der Waals surface area contributed by atoms with E-state index in [0.29, 0.717) is 17.6 Å². The second-order valence-electron chi connectivity index (χ2n) is 16.2. The van der Waals surface area contributed by atoms with Crippen molar-refractivity contribution in [3.05, 3.63) is 133 Å². The highest BCUT2D eigenvalue weighted by molar-refractivity contribution is 6.13. The number of rotatable bonds is 6. The van der Waals surface area contributed by atoms with Crippen LogP contribution in [0.25, 0.3) is 33.9 Å². The lowest BCUT2D eigenvalue weighted by Gasteiger charge is -2.20. The van der Waals surface area contributed by atoms with Gasteiger partial charge in [0.2, 0.25) is 11.8 Å². The molecular formula is C45H43N11O2. The molecule has 0 radical (unpaired) electrons. The van der Waals surface area contributed by atoms with Crippen LogP contribution >= 0.6 is 0 Å². The zero-order valence-corrected chi connectivity index (χ0v) is 33.5. The summed E-state index contributed by atoms with van der Waals surface area (Å²) in [4.78, 5) is 60.3. The third-order valence-electron chi connectivity index (χ3n) is 11.4. The van der Waals surface area contributed by atoms with E-state index in [2.05, 4.69) is 53.1 Å². The molecule has 290 valence electrons. The van der Waals surface area contributed by atoms with Crippen LogP contribution in [0.2, 0.25) is 0 Å². The van der Waals surface area contributed by atoms with E-state index in [-0.39, 0.29) is 11.8 Å². The average molecular weight is 770 g/mol. The number of imidazole rings is 2. The van der Waals surface area contributed by atoms with E-state index in [1.807, 2.05) is 105 Å². The smallest absolute Gasteiger partial charge is 0.241 e. The van der Waals surface area contributed by atoms with Crippen molar-refractivity contribution in [2.24, 2.45) is 0 Å². The monoisotopic (exact) mass is 769 g/mol. The second kappa shape index (κ2) is 13.6. The van der Waals surface area contributed by atoms with Crippen molar-refractivity contribution in [1.82, 2.24) is 44.0 Å². The third-order valence-corrected chi connectivity index (χ3v) is 11.4. The van der Waals surface area contributed by atoms with Gasteiger partial charge in [0, 0.05) is 47.6 Å². The first kappa shape index (κ1) is 36.7. The Morgan fingerprint density at radius 2 is 1.12 bits per heavy atom. The van der Waals surface area contributed by atoms with Gasteiger partial charge >= 0.3 is 0 Å². The Bertz CT molecular complexity index is 2730. The Morgan fingerprint density at radius 3 is 1.72 bits per heavy atom. The molecule has 0 unspecified atom stereocenters. The van der Waals surface area contributed by atoms with Gasteiger partial charge in [-0.25, -0.2) is 29.9 Å². The van der Waals surface area contributed by atoms with Crippen LogP contribution in [0.4, 0.5) is 17.1 Å². The molecular weight excluding hydrogens is 727 g/mol. The van der Waals surface area contributed by atoms with E-state index in [4.69, 9.17) is 0 Å². The maximum atomic E-state index is 13.3. The molecule has 13 heteroatoms. The highest BCUT2D eigenvalue weighted by atomic mass is 16.2. The SMILES string of the molecule is Cc1ncc(-n2cnc(-c3ccc4c(c3)N(C3CC3)C(=O)C4(C)C)c2)cn1.Cc1ncc(N2C(=O)C(C)(C)c3ccc(-c4cn(-c5ccncc5C)cn4)cc32)cn1. The van der Waals surface area contributed by atoms with Gasteiger partial charge in [-0.2, -0.15) is 0 Å². The normalized spacial score (nSPS) is 16.3. The van der Waals surface area contributed by atoms with Crippen LogP contribution in [0, 0.1) is 20.8 Å². The number of carbonyl (C=O) groups is 2. The molecule has 58 heavy (non-hydrogen) atoms. The van der Waals surface area contributed by atoms with E-state index < -0.39 is 10.8 Å². The minimum absolute atomic E-state index is 0.00467. The van der Waals surface area contributed by atoms with E-state index in [1.165, 1.54) is 0 Å². The summed E-state index contributed by atoms with van der Waals surface area (Å²) in [6.45, 7) is 13.6. The van der Waals surface area contributed by atoms with Crippen LogP contribution < -0.4 is 9.80 Å². The Morgan fingerprint density at radius 1 is 0.586 bits per heavy atom. The average Bonchev–Trinajstić information content (AvgIpc) is 3.54. The lowest BCUT2D eigenvalue weighted by molar-refractivity contribution is -0.122. The molecule has 0 spiro atoms. The van der Waals surface area contributed by atoms with Gasteiger partial charge in [0.25, 0.3) is 0 Å². The fraction of sp³-hybridized carbons (Fsp3) is 0.267. The Labute approximate surface area is 336 Å². The maximum absolute atomic E-state index is 13.3. The molecule has 0 N–H and O–H groups in total. The minimum atomic E-state index is -0.633. The van der Waals surface area contributed by atoms with Gasteiger partial charge in [-0.05, 0) is 96.2 Å². The molecule has 10 rings (SSSR count). The quantitative estimate of drug-likeness (QED) is 0.166. The van der Waals surface area contributed by atoms with Crippen molar-refractivity contribution in [2.45, 2.75) is 78.2 Å². The molecule has 13 nitrogen and oxygen atoms in total. The van der Waals surface area contributed by atoms with Gasteiger partial charge in [0.05, 0.1) is 76.1 Å². The molecule has 0 bridgehead atoms. The summed E-state index contributed by atoms with van der Waals surface area (Å²) in [5.41, 5.74) is 10.2. The summed E-state index contributed by atoms with van der Waals surface area (Å²) in [7, 11) is 0. The molecule has 1 fully saturated rings. The Hall–Kier alpha value is -6.89. The van der Waals surface area contributed by atoms with E-state index in [0.717, 1.165) is 80.6 Å². The number of aryl methyl sites for hydroxylation is 3. The van der Waals surface area contributed by atoms with Gasteiger partial charge in [-0.15, -0.1) is 0 Å². The summed E-state index contributed by atoms with van der Waals surface area (Å²) < 4.78 is 3.90. The number of hydrogen-bond donors (Lipinski definition) is 0. The lowest BCUT2D eigenvalue weighted by Crippen LogP contribution is -2.37. The zero-order chi connectivity index (χ0) is 40.5. The first-order valence-electron chi connectivity index (χ1n) is 19.4. The number of aromatic nitrogens is 9. The van der Waals surface area contributed by atoms with Crippen LogP contribution in [-0.2, 0) is 20.4 Å². The lowest BCUT2D eigenvalue weighted by atomic mass is 9.85. The summed E-state index contributed by atoms with van der Waals surface area (Å²) in [6, 6.07) is 14.6. The fourth-order valence-corrected chi connectivity index (χ4v) is 7.80. The summed E-state index contributed by atoms with van der Waals surface area (Å²) in [6.07, 6.45) is 20.3. The maximum Gasteiger partial charge on any atom is 0.241 e. The highest BCUT2D eigenvalue weighted by Gasteiger charge is 2.49. The number of pyridine rings is 1. The van der Waals surface area contributed by atoms with Gasteiger partial charge in [0.15, 0.2) is 0 Å². The predicted molar refractivity (Wildman–Crippen MR) is 221 cm³/mol. The first-order chi connectivity index (χ1) is 27.8. The molecule has 7 aromatic rings. The van der Waals surface area contributed by atoms with Crippen LogP contribution in [0.5, 0.6) is 0 Å². The van der Waals surface area contributed by atoms with Gasteiger partial charge in [0.1, 0.15) is 18.0 Å². The largest absolute Gasteiger partial charge is 0.308 e. The topological polar surface area (TPSA) is 141 Å². The van der Waals surface area contributed by atoms with Crippen molar-refractivity contribution in [1.29, 1.82) is 0 Å². The summed E-state index contributed by atoms with van der Waals surface area (Å²) >= 11 is 0. The zero-order valence-electron chi connectivity index (χ0n) is 33.5. The number of hydrogen-bond acceptors (Lipinski definition) is 9. The molecule has 1 aliphatic carbocycles. The van der Waals surface area contributed by atoms with Crippen molar-refractivity contribution in [3.8, 4) is 33.9 Å². The van der Waals surface area contributed by atoms with E-state index in [9.17, 15) is 9.59 Å². The van der Waals surface area contributed by atoms with Gasteiger partial charge < -0.3 is 14.0 Å². The van der Waals surface area contributed by atoms with Crippen molar-refractivity contribution in [3.63, 3.8) is 0 Å². The van der Waals surface area contributed by atoms with Crippen LogP contribution in [0.15, 0.2) is 105 Å². The number of anilines is 3. The molecule has 7 heterocycles. The summed E-state index contributed by atoms with van der Waals surface area (Å²) in [5, 5.41) is 0. The number of carbonyl (C=O) groups excluding carboxylic acids is 2. The molecule has 3 aliphatic rings. The molecule has 2 aromatic carbocycles. The van der Waals surface area contributed by atoms with Crippen molar-refractivity contribution in [2.75, 3.05) is 9.80 Å².